The molecule has 0 aliphatic heterocycles. The molecular formula is C14H20F3NO2. The van der Waals surface area contributed by atoms with Crippen molar-refractivity contribution in [3.05, 3.63) is 29.3 Å². The lowest BCUT2D eigenvalue weighted by atomic mass is 10.1. The summed E-state index contributed by atoms with van der Waals surface area (Å²) in [6.07, 6.45) is -4.55. The predicted molar refractivity (Wildman–Crippen MR) is 70.5 cm³/mol. The zero-order valence-corrected chi connectivity index (χ0v) is 11.9. The van der Waals surface area contributed by atoms with E-state index in [0.29, 0.717) is 25.3 Å². The Labute approximate surface area is 117 Å². The van der Waals surface area contributed by atoms with Crippen molar-refractivity contribution in [2.45, 2.75) is 32.6 Å². The fourth-order valence-corrected chi connectivity index (χ4v) is 1.87. The summed E-state index contributed by atoms with van der Waals surface area (Å²) in [4.78, 5) is 2.01. The van der Waals surface area contributed by atoms with E-state index in [9.17, 15) is 18.3 Å². The number of hydrogen-bond donors (Lipinski definition) is 1. The topological polar surface area (TPSA) is 32.7 Å². The van der Waals surface area contributed by atoms with Crippen molar-refractivity contribution in [2.24, 2.45) is 0 Å². The molecular weight excluding hydrogens is 271 g/mol. The second kappa shape index (κ2) is 6.95. The zero-order chi connectivity index (χ0) is 15.3. The Hall–Kier alpha value is -1.27. The summed E-state index contributed by atoms with van der Waals surface area (Å²) in [5.74, 6) is -0.741. The van der Waals surface area contributed by atoms with Gasteiger partial charge in [0.25, 0.3) is 0 Å². The van der Waals surface area contributed by atoms with Crippen LogP contribution >= 0.6 is 0 Å². The van der Waals surface area contributed by atoms with E-state index in [1.807, 2.05) is 18.7 Å². The average molecular weight is 291 g/mol. The van der Waals surface area contributed by atoms with Crippen molar-refractivity contribution in [3.63, 3.8) is 0 Å². The first-order valence-electron chi connectivity index (χ1n) is 6.37. The van der Waals surface area contributed by atoms with Gasteiger partial charge in [-0.3, -0.25) is 4.90 Å². The molecule has 0 amide bonds. The number of rotatable bonds is 6. The lowest BCUT2D eigenvalue weighted by Crippen LogP contribution is -2.33. The lowest BCUT2D eigenvalue weighted by molar-refractivity contribution is -0.138. The van der Waals surface area contributed by atoms with Gasteiger partial charge in [-0.15, -0.1) is 0 Å². The molecule has 0 saturated heterocycles. The number of phenolic OH excluding ortho intramolecular Hbond substituents is 1. The predicted octanol–water partition coefficient (Wildman–Crippen LogP) is 3.27. The van der Waals surface area contributed by atoms with Crippen molar-refractivity contribution in [2.75, 3.05) is 20.3 Å². The Kier molecular flexibility index (Phi) is 5.83. The minimum absolute atomic E-state index is 0.188. The van der Waals surface area contributed by atoms with Gasteiger partial charge < -0.3 is 9.84 Å². The van der Waals surface area contributed by atoms with Crippen LogP contribution in [-0.4, -0.2) is 36.3 Å². The van der Waals surface area contributed by atoms with Gasteiger partial charge in [-0.25, -0.2) is 0 Å². The van der Waals surface area contributed by atoms with Gasteiger partial charge in [0.15, 0.2) is 0 Å². The van der Waals surface area contributed by atoms with Crippen molar-refractivity contribution in [3.8, 4) is 5.75 Å². The van der Waals surface area contributed by atoms with Crippen LogP contribution in [0.4, 0.5) is 13.2 Å². The maximum absolute atomic E-state index is 12.7. The van der Waals surface area contributed by atoms with E-state index in [0.717, 1.165) is 12.1 Å². The number of ether oxygens (including phenoxy) is 1. The molecule has 1 N–H and O–H groups in total. The van der Waals surface area contributed by atoms with Crippen LogP contribution in [0.5, 0.6) is 5.75 Å². The summed E-state index contributed by atoms with van der Waals surface area (Å²) < 4.78 is 43.2. The van der Waals surface area contributed by atoms with Crippen LogP contribution in [0.15, 0.2) is 18.2 Å². The number of benzene rings is 1. The molecule has 0 spiro atoms. The van der Waals surface area contributed by atoms with Gasteiger partial charge in [0.05, 0.1) is 12.2 Å². The number of alkyl halides is 3. The molecule has 0 bridgehead atoms. The lowest BCUT2D eigenvalue weighted by Gasteiger charge is -2.26. The Balaban J connectivity index is 2.91. The number of methoxy groups -OCH3 is 1. The van der Waals surface area contributed by atoms with Crippen molar-refractivity contribution in [1.29, 1.82) is 0 Å². The fourth-order valence-electron chi connectivity index (χ4n) is 1.87. The van der Waals surface area contributed by atoms with Crippen molar-refractivity contribution in [1.82, 2.24) is 4.90 Å². The van der Waals surface area contributed by atoms with E-state index >= 15 is 0 Å². The van der Waals surface area contributed by atoms with E-state index in [-0.39, 0.29) is 6.04 Å². The quantitative estimate of drug-likeness (QED) is 0.873. The van der Waals surface area contributed by atoms with Gasteiger partial charge >= 0.3 is 6.18 Å². The smallest absolute Gasteiger partial charge is 0.419 e. The zero-order valence-electron chi connectivity index (χ0n) is 11.9. The molecule has 0 aromatic heterocycles. The summed E-state index contributed by atoms with van der Waals surface area (Å²) in [5.41, 5.74) is -0.481. The largest absolute Gasteiger partial charge is 0.507 e. The third kappa shape index (κ3) is 4.68. The van der Waals surface area contributed by atoms with E-state index in [1.165, 1.54) is 6.07 Å². The minimum Gasteiger partial charge on any atom is -0.507 e. The molecule has 0 atom stereocenters. The first-order valence-corrected chi connectivity index (χ1v) is 6.37. The molecule has 1 aromatic carbocycles. The molecule has 0 unspecified atom stereocenters. The first kappa shape index (κ1) is 16.8. The highest BCUT2D eigenvalue weighted by Crippen LogP contribution is 2.36. The van der Waals surface area contributed by atoms with Crippen molar-refractivity contribution >= 4 is 0 Å². The normalized spacial score (nSPS) is 12.4. The maximum Gasteiger partial charge on any atom is 0.419 e. The standard InChI is InChI=1S/C14H20F3NO2/c1-10(2)18(6-7-20-3)9-11-4-5-13(19)12(8-11)14(15,16)17/h4-5,8,10,19H,6-7,9H2,1-3H3. The van der Waals surface area contributed by atoms with Gasteiger partial charge in [0, 0.05) is 26.2 Å². The molecule has 114 valence electrons. The molecule has 20 heavy (non-hydrogen) atoms. The van der Waals surface area contributed by atoms with E-state index < -0.39 is 17.5 Å². The number of phenols is 1. The second-order valence-electron chi connectivity index (χ2n) is 4.91. The SMILES string of the molecule is COCCN(Cc1ccc(O)c(C(F)(F)F)c1)C(C)C. The van der Waals surface area contributed by atoms with Crippen LogP contribution in [-0.2, 0) is 17.5 Å². The van der Waals surface area contributed by atoms with Crippen LogP contribution < -0.4 is 0 Å². The molecule has 0 fully saturated rings. The van der Waals surface area contributed by atoms with Crippen LogP contribution in [0.2, 0.25) is 0 Å². The van der Waals surface area contributed by atoms with Crippen LogP contribution in [0.25, 0.3) is 0 Å². The third-order valence-electron chi connectivity index (χ3n) is 3.06. The molecule has 3 nitrogen and oxygen atoms in total. The highest BCUT2D eigenvalue weighted by Gasteiger charge is 2.34. The summed E-state index contributed by atoms with van der Waals surface area (Å²) in [6.45, 7) is 5.48. The highest BCUT2D eigenvalue weighted by molar-refractivity contribution is 5.38. The average Bonchev–Trinajstić information content (AvgIpc) is 2.34. The Morgan fingerprint density at radius 3 is 2.45 bits per heavy atom. The Morgan fingerprint density at radius 2 is 1.95 bits per heavy atom. The molecule has 0 aliphatic rings. The summed E-state index contributed by atoms with van der Waals surface area (Å²) >= 11 is 0. The molecule has 1 rings (SSSR count). The van der Waals surface area contributed by atoms with E-state index in [2.05, 4.69) is 0 Å². The molecule has 1 aromatic rings. The highest BCUT2D eigenvalue weighted by atomic mass is 19.4. The molecule has 6 heteroatoms. The Morgan fingerprint density at radius 1 is 1.30 bits per heavy atom. The monoisotopic (exact) mass is 291 g/mol. The van der Waals surface area contributed by atoms with E-state index in [1.54, 1.807) is 7.11 Å². The van der Waals surface area contributed by atoms with Gasteiger partial charge in [0.1, 0.15) is 5.75 Å². The first-order chi connectivity index (χ1) is 9.25. The summed E-state index contributed by atoms with van der Waals surface area (Å²) in [7, 11) is 1.58. The number of hydrogen-bond acceptors (Lipinski definition) is 3. The van der Waals surface area contributed by atoms with Gasteiger partial charge in [-0.1, -0.05) is 6.07 Å². The summed E-state index contributed by atoms with van der Waals surface area (Å²) in [5, 5.41) is 9.30. The fraction of sp³-hybridized carbons (Fsp3) is 0.571. The molecule has 0 heterocycles. The third-order valence-corrected chi connectivity index (χ3v) is 3.06. The minimum atomic E-state index is -4.55. The number of aromatic hydroxyl groups is 1. The number of halogens is 3. The number of nitrogens with zero attached hydrogens (tertiary/aromatic N) is 1. The Bertz CT molecular complexity index is 433. The van der Waals surface area contributed by atoms with Gasteiger partial charge in [-0.2, -0.15) is 13.2 Å². The summed E-state index contributed by atoms with van der Waals surface area (Å²) in [6, 6.07) is 3.78. The van der Waals surface area contributed by atoms with E-state index in [4.69, 9.17) is 4.74 Å². The van der Waals surface area contributed by atoms with Gasteiger partial charge in [-0.05, 0) is 31.5 Å². The van der Waals surface area contributed by atoms with Crippen LogP contribution in [0, 0.1) is 0 Å². The van der Waals surface area contributed by atoms with Crippen LogP contribution in [0.3, 0.4) is 0 Å². The second-order valence-corrected chi connectivity index (χ2v) is 4.91. The maximum atomic E-state index is 12.7. The molecule has 0 saturated carbocycles. The van der Waals surface area contributed by atoms with Gasteiger partial charge in [0.2, 0.25) is 0 Å². The molecule has 0 aliphatic carbocycles. The molecule has 0 radical (unpaired) electrons. The van der Waals surface area contributed by atoms with Crippen molar-refractivity contribution < 1.29 is 23.0 Å². The van der Waals surface area contributed by atoms with Crippen LogP contribution in [0.1, 0.15) is 25.0 Å².